The maximum Gasteiger partial charge on any atom is 0.262 e. The van der Waals surface area contributed by atoms with Crippen molar-refractivity contribution in [1.29, 1.82) is 0 Å². The van der Waals surface area contributed by atoms with Gasteiger partial charge < -0.3 is 4.57 Å². The van der Waals surface area contributed by atoms with Gasteiger partial charge in [0.05, 0.1) is 27.7 Å². The fourth-order valence-electron chi connectivity index (χ4n) is 3.57. The molecule has 5 rings (SSSR count). The molecule has 5 aromatic rings. The Labute approximate surface area is 164 Å². The second kappa shape index (κ2) is 6.49. The van der Waals surface area contributed by atoms with Gasteiger partial charge in [-0.3, -0.25) is 13.8 Å². The van der Waals surface area contributed by atoms with E-state index in [0.717, 1.165) is 27.5 Å². The van der Waals surface area contributed by atoms with E-state index >= 15 is 0 Å². The number of aromatic nitrogens is 6. The van der Waals surface area contributed by atoms with Gasteiger partial charge in [0.15, 0.2) is 5.16 Å². The summed E-state index contributed by atoms with van der Waals surface area (Å²) in [5.74, 6) is 1.97. The highest BCUT2D eigenvalue weighted by atomic mass is 32.2. The molecule has 0 saturated heterocycles. The lowest BCUT2D eigenvalue weighted by Crippen LogP contribution is -2.22. The predicted molar refractivity (Wildman–Crippen MR) is 111 cm³/mol. The molecule has 140 valence electrons. The first kappa shape index (κ1) is 17.0. The third-order valence-electron chi connectivity index (χ3n) is 4.97. The van der Waals surface area contributed by atoms with E-state index < -0.39 is 0 Å². The number of hydrogen-bond acceptors (Lipinski definition) is 5. The average molecular weight is 390 g/mol. The highest BCUT2D eigenvalue weighted by molar-refractivity contribution is 7.98. The molecule has 0 saturated carbocycles. The molecule has 0 atom stereocenters. The van der Waals surface area contributed by atoms with Gasteiger partial charge >= 0.3 is 0 Å². The molecule has 0 amide bonds. The number of fused-ring (bicyclic) bond motifs is 4. The maximum atomic E-state index is 12.8. The highest BCUT2D eigenvalue weighted by Crippen LogP contribution is 2.26. The molecule has 0 unspecified atom stereocenters. The number of imidazole rings is 1. The van der Waals surface area contributed by atoms with Crippen molar-refractivity contribution < 1.29 is 0 Å². The first-order chi connectivity index (χ1) is 13.7. The first-order valence-corrected chi connectivity index (χ1v) is 10.1. The van der Waals surface area contributed by atoms with Crippen LogP contribution in [0.5, 0.6) is 0 Å². The lowest BCUT2D eigenvalue weighted by atomic mass is 10.2. The summed E-state index contributed by atoms with van der Waals surface area (Å²) in [4.78, 5) is 17.5. The minimum Gasteiger partial charge on any atom is -0.322 e. The number of para-hydroxylation sites is 3. The topological polar surface area (TPSA) is 70.0 Å². The van der Waals surface area contributed by atoms with E-state index in [-0.39, 0.29) is 5.56 Å². The van der Waals surface area contributed by atoms with Crippen LogP contribution in [-0.4, -0.2) is 28.7 Å². The van der Waals surface area contributed by atoms with Crippen molar-refractivity contribution in [2.75, 3.05) is 0 Å². The van der Waals surface area contributed by atoms with Crippen LogP contribution in [0.3, 0.4) is 0 Å². The summed E-state index contributed by atoms with van der Waals surface area (Å²) < 4.78 is 5.73. The van der Waals surface area contributed by atoms with Crippen molar-refractivity contribution in [3.63, 3.8) is 0 Å². The van der Waals surface area contributed by atoms with Gasteiger partial charge in [-0.15, -0.1) is 10.2 Å². The van der Waals surface area contributed by atoms with Crippen LogP contribution in [-0.2, 0) is 19.3 Å². The number of benzene rings is 2. The number of rotatable bonds is 4. The molecule has 0 N–H and O–H groups in total. The molecule has 0 aliphatic rings. The zero-order valence-electron chi connectivity index (χ0n) is 15.5. The molecule has 0 aliphatic carbocycles. The molecule has 28 heavy (non-hydrogen) atoms. The predicted octanol–water partition coefficient (Wildman–Crippen LogP) is 3.24. The Morgan fingerprint density at radius 1 is 1.00 bits per heavy atom. The lowest BCUT2D eigenvalue weighted by molar-refractivity contribution is 0.735. The number of nitrogens with zero attached hydrogens (tertiary/aromatic N) is 6. The molecule has 0 bridgehead atoms. The van der Waals surface area contributed by atoms with Gasteiger partial charge in [-0.05, 0) is 31.2 Å². The maximum absolute atomic E-state index is 12.8. The molecule has 0 radical (unpaired) electrons. The average Bonchev–Trinajstić information content (AvgIpc) is 3.28. The summed E-state index contributed by atoms with van der Waals surface area (Å²) in [6.07, 6.45) is 0. The minimum atomic E-state index is -0.0347. The molecular weight excluding hydrogens is 372 g/mol. The molecule has 8 heteroatoms. The molecular formula is C20H18N6OS. The summed E-state index contributed by atoms with van der Waals surface area (Å²) in [6.45, 7) is 2.49. The second-order valence-electron chi connectivity index (χ2n) is 6.55. The Kier molecular flexibility index (Phi) is 3.94. The summed E-state index contributed by atoms with van der Waals surface area (Å²) in [5.41, 5.74) is 2.87. The number of hydrogen-bond donors (Lipinski definition) is 0. The van der Waals surface area contributed by atoms with Crippen molar-refractivity contribution in [3.05, 3.63) is 64.7 Å². The van der Waals surface area contributed by atoms with Crippen LogP contribution in [0.15, 0.2) is 58.5 Å². The Morgan fingerprint density at radius 2 is 1.75 bits per heavy atom. The van der Waals surface area contributed by atoms with E-state index in [2.05, 4.69) is 20.8 Å². The monoisotopic (exact) mass is 390 g/mol. The fraction of sp³-hybridized carbons (Fsp3) is 0.200. The van der Waals surface area contributed by atoms with Crippen LogP contribution in [0.25, 0.3) is 27.7 Å². The second-order valence-corrected chi connectivity index (χ2v) is 7.49. The van der Waals surface area contributed by atoms with Crippen molar-refractivity contribution in [3.8, 4) is 0 Å². The first-order valence-electron chi connectivity index (χ1n) is 9.09. The normalized spacial score (nSPS) is 11.8. The van der Waals surface area contributed by atoms with E-state index in [1.54, 1.807) is 16.3 Å². The number of aryl methyl sites for hydroxylation is 2. The molecule has 2 aromatic carbocycles. The quantitative estimate of drug-likeness (QED) is 0.441. The Balaban J connectivity index is 1.62. The Morgan fingerprint density at radius 3 is 2.54 bits per heavy atom. The van der Waals surface area contributed by atoms with Crippen molar-refractivity contribution >= 4 is 39.5 Å². The Bertz CT molecular complexity index is 1400. The lowest BCUT2D eigenvalue weighted by Gasteiger charge is -2.09. The van der Waals surface area contributed by atoms with E-state index in [0.29, 0.717) is 23.5 Å². The van der Waals surface area contributed by atoms with Gasteiger partial charge in [0.2, 0.25) is 5.78 Å². The molecule has 3 heterocycles. The largest absolute Gasteiger partial charge is 0.322 e. The van der Waals surface area contributed by atoms with E-state index in [1.807, 2.05) is 60.8 Å². The molecule has 3 aromatic heterocycles. The van der Waals surface area contributed by atoms with Gasteiger partial charge in [-0.25, -0.2) is 4.98 Å². The third-order valence-corrected chi connectivity index (χ3v) is 5.99. The smallest absolute Gasteiger partial charge is 0.262 e. The van der Waals surface area contributed by atoms with Crippen LogP contribution in [0.1, 0.15) is 12.7 Å². The van der Waals surface area contributed by atoms with Crippen LogP contribution in [0.4, 0.5) is 0 Å². The minimum absolute atomic E-state index is 0.0347. The van der Waals surface area contributed by atoms with Gasteiger partial charge in [0.25, 0.3) is 5.56 Å². The van der Waals surface area contributed by atoms with Crippen LogP contribution in [0.2, 0.25) is 0 Å². The number of thioether (sulfide) groups is 1. The van der Waals surface area contributed by atoms with E-state index in [1.165, 1.54) is 0 Å². The van der Waals surface area contributed by atoms with Gasteiger partial charge in [0, 0.05) is 13.6 Å². The zero-order valence-corrected chi connectivity index (χ0v) is 16.3. The summed E-state index contributed by atoms with van der Waals surface area (Å²) in [6, 6.07) is 15.7. The van der Waals surface area contributed by atoms with Crippen molar-refractivity contribution in [1.82, 2.24) is 28.7 Å². The van der Waals surface area contributed by atoms with Gasteiger partial charge in [-0.1, -0.05) is 36.0 Å². The van der Waals surface area contributed by atoms with E-state index in [9.17, 15) is 4.79 Å². The highest BCUT2D eigenvalue weighted by Gasteiger charge is 2.16. The van der Waals surface area contributed by atoms with E-state index in [4.69, 9.17) is 4.98 Å². The Hall–Kier alpha value is -3.13. The molecule has 0 spiro atoms. The van der Waals surface area contributed by atoms with Crippen LogP contribution in [0, 0.1) is 0 Å². The standard InChI is InChI=1S/C20H18N6OS/c1-3-25-18(27)13-8-4-6-10-15(13)26-17(22-23-19(25)26)12-28-20-21-14-9-5-7-11-16(14)24(20)2/h4-11H,3,12H2,1-2H3. The zero-order chi connectivity index (χ0) is 19.3. The SMILES string of the molecule is CCn1c(=O)c2ccccc2n2c(CSc3nc4ccccc4n3C)nnc12. The van der Waals surface area contributed by atoms with Crippen molar-refractivity contribution in [2.45, 2.75) is 24.4 Å². The fourth-order valence-corrected chi connectivity index (χ4v) is 4.47. The van der Waals surface area contributed by atoms with Crippen LogP contribution >= 0.6 is 11.8 Å². The third kappa shape index (κ3) is 2.45. The van der Waals surface area contributed by atoms with Gasteiger partial charge in [-0.2, -0.15) is 0 Å². The van der Waals surface area contributed by atoms with Crippen molar-refractivity contribution in [2.24, 2.45) is 7.05 Å². The summed E-state index contributed by atoms with van der Waals surface area (Å²) in [7, 11) is 2.02. The van der Waals surface area contributed by atoms with Crippen LogP contribution < -0.4 is 5.56 Å². The molecule has 0 aliphatic heterocycles. The summed E-state index contributed by atoms with van der Waals surface area (Å²) in [5, 5.41) is 10.3. The summed E-state index contributed by atoms with van der Waals surface area (Å²) >= 11 is 1.61. The molecule has 7 nitrogen and oxygen atoms in total. The molecule has 0 fully saturated rings. The van der Waals surface area contributed by atoms with Gasteiger partial charge in [0.1, 0.15) is 5.82 Å².